The minimum absolute atomic E-state index is 0.587. The van der Waals surface area contributed by atoms with Crippen molar-refractivity contribution in [2.75, 3.05) is 25.6 Å². The molecule has 0 spiro atoms. The number of aromatic nitrogens is 3. The number of methoxy groups -OCH3 is 1. The molecule has 0 radical (unpaired) electrons. The van der Waals surface area contributed by atoms with E-state index in [-0.39, 0.29) is 0 Å². The van der Waals surface area contributed by atoms with E-state index in [0.717, 1.165) is 35.9 Å². The Morgan fingerprint density at radius 3 is 3.08 bits per heavy atom. The normalized spacial score (nSPS) is 13.9. The maximum absolute atomic E-state index is 5.30. The molecule has 0 unspecified atom stereocenters. The van der Waals surface area contributed by atoms with Gasteiger partial charge in [-0.25, -0.2) is 0 Å². The third kappa shape index (κ3) is 4.10. The second-order valence-corrected chi connectivity index (χ2v) is 6.26. The number of hydrogen-bond donors (Lipinski definition) is 2. The highest BCUT2D eigenvalue weighted by molar-refractivity contribution is 7.80. The van der Waals surface area contributed by atoms with Gasteiger partial charge in [0, 0.05) is 37.9 Å². The molecule has 2 heterocycles. The van der Waals surface area contributed by atoms with Crippen molar-refractivity contribution in [2.45, 2.75) is 32.2 Å². The van der Waals surface area contributed by atoms with Crippen LogP contribution in [-0.2, 0) is 17.7 Å². The van der Waals surface area contributed by atoms with Gasteiger partial charge in [0.15, 0.2) is 10.9 Å². The number of fused-ring (bicyclic) bond motifs is 1. The summed E-state index contributed by atoms with van der Waals surface area (Å²) in [5.41, 5.74) is 1.99. The van der Waals surface area contributed by atoms with Crippen LogP contribution in [0.1, 0.15) is 25.1 Å². The molecule has 128 valence electrons. The zero-order valence-corrected chi connectivity index (χ0v) is 14.7. The van der Waals surface area contributed by atoms with Crippen LogP contribution in [-0.4, -0.2) is 40.1 Å². The maximum Gasteiger partial charge on any atom is 0.170 e. The summed E-state index contributed by atoms with van der Waals surface area (Å²) in [4.78, 5) is 0. The van der Waals surface area contributed by atoms with Crippen molar-refractivity contribution < 1.29 is 4.74 Å². The van der Waals surface area contributed by atoms with Gasteiger partial charge in [-0.05, 0) is 37.2 Å². The molecule has 1 aromatic heterocycles. The zero-order chi connectivity index (χ0) is 16.8. The van der Waals surface area contributed by atoms with Gasteiger partial charge in [-0.15, -0.1) is 10.2 Å². The van der Waals surface area contributed by atoms with Crippen molar-refractivity contribution in [1.82, 2.24) is 20.1 Å². The molecular formula is C17H23N5OS. The first-order chi connectivity index (χ1) is 11.8. The minimum atomic E-state index is 0.587. The fourth-order valence-electron chi connectivity index (χ4n) is 2.88. The molecule has 0 saturated carbocycles. The van der Waals surface area contributed by atoms with E-state index < -0.39 is 0 Å². The molecule has 0 bridgehead atoms. The first-order valence-electron chi connectivity index (χ1n) is 8.34. The summed E-state index contributed by atoms with van der Waals surface area (Å²) in [6, 6.07) is 8.13. The van der Waals surface area contributed by atoms with Crippen LogP contribution in [0.2, 0.25) is 0 Å². The van der Waals surface area contributed by atoms with Crippen LogP contribution in [0, 0.1) is 0 Å². The molecule has 24 heavy (non-hydrogen) atoms. The van der Waals surface area contributed by atoms with Crippen LogP contribution < -0.4 is 10.6 Å². The lowest BCUT2D eigenvalue weighted by Crippen LogP contribution is -2.31. The van der Waals surface area contributed by atoms with Gasteiger partial charge in [-0.2, -0.15) is 0 Å². The predicted molar refractivity (Wildman–Crippen MR) is 99.1 cm³/mol. The molecule has 2 N–H and O–H groups in total. The topological polar surface area (TPSA) is 64.0 Å². The molecule has 2 aromatic rings. The van der Waals surface area contributed by atoms with Gasteiger partial charge in [0.05, 0.1) is 6.61 Å². The Labute approximate surface area is 147 Å². The third-order valence-electron chi connectivity index (χ3n) is 4.08. The number of rotatable bonds is 5. The molecule has 1 aromatic carbocycles. The molecule has 0 aliphatic carbocycles. The minimum Gasteiger partial charge on any atom is -0.383 e. The van der Waals surface area contributed by atoms with Gasteiger partial charge < -0.3 is 19.9 Å². The van der Waals surface area contributed by atoms with Crippen molar-refractivity contribution in [2.24, 2.45) is 0 Å². The van der Waals surface area contributed by atoms with Crippen LogP contribution >= 0.6 is 12.2 Å². The number of hydrogen-bond acceptors (Lipinski definition) is 4. The van der Waals surface area contributed by atoms with E-state index >= 15 is 0 Å². The van der Waals surface area contributed by atoms with Crippen LogP contribution in [0.25, 0.3) is 11.4 Å². The maximum atomic E-state index is 5.30. The van der Waals surface area contributed by atoms with E-state index in [1.54, 1.807) is 7.11 Å². The summed E-state index contributed by atoms with van der Waals surface area (Å²) >= 11 is 5.30. The van der Waals surface area contributed by atoms with Gasteiger partial charge in [-0.1, -0.05) is 18.6 Å². The van der Waals surface area contributed by atoms with Gasteiger partial charge >= 0.3 is 0 Å². The summed E-state index contributed by atoms with van der Waals surface area (Å²) in [7, 11) is 1.67. The third-order valence-corrected chi connectivity index (χ3v) is 4.33. The van der Waals surface area contributed by atoms with Gasteiger partial charge in [0.1, 0.15) is 5.82 Å². The van der Waals surface area contributed by atoms with Crippen molar-refractivity contribution in [1.29, 1.82) is 0 Å². The summed E-state index contributed by atoms with van der Waals surface area (Å²) in [5, 5.41) is 15.7. The highest BCUT2D eigenvalue weighted by Crippen LogP contribution is 2.24. The second kappa shape index (κ2) is 8.21. The van der Waals surface area contributed by atoms with Gasteiger partial charge in [0.25, 0.3) is 0 Å². The first kappa shape index (κ1) is 16.9. The molecule has 0 saturated heterocycles. The smallest absolute Gasteiger partial charge is 0.170 e. The van der Waals surface area contributed by atoms with E-state index in [0.29, 0.717) is 18.3 Å². The number of thiocarbonyl (C=S) groups is 1. The quantitative estimate of drug-likeness (QED) is 0.641. The molecule has 1 aliphatic heterocycles. The van der Waals surface area contributed by atoms with Crippen LogP contribution in [0.4, 0.5) is 5.69 Å². The molecule has 0 amide bonds. The molecule has 7 heteroatoms. The number of nitrogens with one attached hydrogen (secondary N) is 2. The van der Waals surface area contributed by atoms with E-state index in [1.165, 1.54) is 19.3 Å². The molecule has 1 aliphatic rings. The van der Waals surface area contributed by atoms with E-state index in [2.05, 4.69) is 37.5 Å². The summed E-state index contributed by atoms with van der Waals surface area (Å²) in [5.74, 6) is 2.03. The fraction of sp³-hybridized carbons (Fsp3) is 0.471. The zero-order valence-electron chi connectivity index (χ0n) is 13.9. The number of aryl methyl sites for hydroxylation is 1. The number of benzene rings is 1. The van der Waals surface area contributed by atoms with Crippen LogP contribution in [0.15, 0.2) is 24.3 Å². The Kier molecular flexibility index (Phi) is 5.77. The van der Waals surface area contributed by atoms with Gasteiger partial charge in [-0.3, -0.25) is 0 Å². The highest BCUT2D eigenvalue weighted by atomic mass is 32.1. The lowest BCUT2D eigenvalue weighted by molar-refractivity contribution is 0.204. The lowest BCUT2D eigenvalue weighted by atomic mass is 10.2. The Morgan fingerprint density at radius 2 is 2.21 bits per heavy atom. The number of nitrogens with zero attached hydrogens (tertiary/aromatic N) is 3. The van der Waals surface area contributed by atoms with Crippen LogP contribution in [0.3, 0.4) is 0 Å². The second-order valence-electron chi connectivity index (χ2n) is 5.86. The molecular weight excluding hydrogens is 322 g/mol. The van der Waals surface area contributed by atoms with Crippen LogP contribution in [0.5, 0.6) is 0 Å². The van der Waals surface area contributed by atoms with E-state index in [4.69, 9.17) is 17.0 Å². The Morgan fingerprint density at radius 1 is 1.29 bits per heavy atom. The fourth-order valence-corrected chi connectivity index (χ4v) is 3.10. The molecule has 0 fully saturated rings. The number of ether oxygens (including phenoxy) is 1. The SMILES string of the molecule is COCCNC(=S)Nc1cccc(-c2nnc3n2CCCCC3)c1. The highest BCUT2D eigenvalue weighted by Gasteiger charge is 2.16. The van der Waals surface area contributed by atoms with Gasteiger partial charge in [0.2, 0.25) is 0 Å². The molecule has 0 atom stereocenters. The largest absolute Gasteiger partial charge is 0.383 e. The van der Waals surface area contributed by atoms with E-state index in [1.807, 2.05) is 12.1 Å². The Hall–Kier alpha value is -1.99. The van der Waals surface area contributed by atoms with Crippen molar-refractivity contribution in [3.8, 4) is 11.4 Å². The standard InChI is InChI=1S/C17H23N5OS/c1-23-11-9-18-17(24)19-14-7-5-6-13(12-14)16-21-20-15-8-3-2-4-10-22(15)16/h5-7,12H,2-4,8-11H2,1H3,(H2,18,19,24). The molecule has 3 rings (SSSR count). The van der Waals surface area contributed by atoms with Crippen molar-refractivity contribution in [3.05, 3.63) is 30.1 Å². The average molecular weight is 345 g/mol. The predicted octanol–water partition coefficient (Wildman–Crippen LogP) is 2.60. The Balaban J connectivity index is 1.74. The monoisotopic (exact) mass is 345 g/mol. The van der Waals surface area contributed by atoms with Crippen molar-refractivity contribution >= 4 is 23.0 Å². The van der Waals surface area contributed by atoms with Crippen molar-refractivity contribution in [3.63, 3.8) is 0 Å². The molecule has 6 nitrogen and oxygen atoms in total. The average Bonchev–Trinajstić information content (AvgIpc) is 2.84. The number of anilines is 1. The summed E-state index contributed by atoms with van der Waals surface area (Å²) in [6.45, 7) is 2.29. The summed E-state index contributed by atoms with van der Waals surface area (Å²) in [6.07, 6.45) is 4.65. The summed E-state index contributed by atoms with van der Waals surface area (Å²) < 4.78 is 7.26. The first-order valence-corrected chi connectivity index (χ1v) is 8.75. The van der Waals surface area contributed by atoms with E-state index in [9.17, 15) is 0 Å². The lowest BCUT2D eigenvalue weighted by Gasteiger charge is -2.12. The Bertz CT molecular complexity index is 700.